The number of rotatable bonds is 10. The van der Waals surface area contributed by atoms with E-state index < -0.39 is 5.82 Å². The highest BCUT2D eigenvalue weighted by molar-refractivity contribution is 5.88. The van der Waals surface area contributed by atoms with E-state index in [1.165, 1.54) is 29.2 Å². The lowest BCUT2D eigenvalue weighted by Crippen LogP contribution is -2.22. The SMILES string of the molecule is COc1cc2c(Oc3ccc(-c4cncn(Cc5ccccc5)c4=O)cc3F)ccnc2cc1OCCn1ccnc1. The molecule has 0 aliphatic heterocycles. The van der Waals surface area contributed by atoms with Gasteiger partial charge in [-0.15, -0.1) is 0 Å². The summed E-state index contributed by atoms with van der Waals surface area (Å²) < 4.78 is 36.2. The van der Waals surface area contributed by atoms with E-state index in [2.05, 4.69) is 15.0 Å². The monoisotopic (exact) mass is 563 g/mol. The third kappa shape index (κ3) is 5.68. The molecule has 3 aromatic heterocycles. The second kappa shape index (κ2) is 11.9. The predicted octanol–water partition coefficient (Wildman–Crippen LogP) is 5.72. The van der Waals surface area contributed by atoms with Crippen molar-refractivity contribution in [2.24, 2.45) is 0 Å². The van der Waals surface area contributed by atoms with E-state index in [-0.39, 0.29) is 11.3 Å². The molecule has 0 radical (unpaired) electrons. The first kappa shape index (κ1) is 26.7. The maximum absolute atomic E-state index is 15.3. The summed E-state index contributed by atoms with van der Waals surface area (Å²) in [5.74, 6) is 0.785. The van der Waals surface area contributed by atoms with Gasteiger partial charge in [-0.3, -0.25) is 14.3 Å². The summed E-state index contributed by atoms with van der Waals surface area (Å²) in [5.41, 5.74) is 1.98. The lowest BCUT2D eigenvalue weighted by Gasteiger charge is -2.14. The number of hydrogen-bond acceptors (Lipinski definition) is 7. The number of fused-ring (bicyclic) bond motifs is 1. The molecule has 0 aliphatic carbocycles. The fourth-order valence-corrected chi connectivity index (χ4v) is 4.58. The molecule has 0 amide bonds. The Balaban J connectivity index is 1.24. The molecule has 6 aromatic rings. The van der Waals surface area contributed by atoms with E-state index in [0.717, 1.165) is 5.56 Å². The topological polar surface area (TPSA) is 93.3 Å². The Bertz CT molecular complexity index is 1890. The summed E-state index contributed by atoms with van der Waals surface area (Å²) in [6.07, 6.45) is 9.78. The Morgan fingerprint density at radius 3 is 2.55 bits per heavy atom. The average Bonchev–Trinajstić information content (AvgIpc) is 3.53. The van der Waals surface area contributed by atoms with E-state index in [0.29, 0.717) is 59.0 Å². The van der Waals surface area contributed by atoms with Crippen molar-refractivity contribution in [1.29, 1.82) is 0 Å². The molecular formula is C32H26FN5O4. The van der Waals surface area contributed by atoms with Crippen LogP contribution in [0.25, 0.3) is 22.0 Å². The molecule has 42 heavy (non-hydrogen) atoms. The maximum Gasteiger partial charge on any atom is 0.261 e. The van der Waals surface area contributed by atoms with Crippen LogP contribution in [0.1, 0.15) is 5.56 Å². The van der Waals surface area contributed by atoms with Crippen LogP contribution in [0, 0.1) is 5.82 Å². The minimum Gasteiger partial charge on any atom is -0.493 e. The fraction of sp³-hybridized carbons (Fsp3) is 0.125. The van der Waals surface area contributed by atoms with Crippen molar-refractivity contribution in [3.63, 3.8) is 0 Å². The van der Waals surface area contributed by atoms with E-state index in [9.17, 15) is 4.79 Å². The molecule has 0 N–H and O–H groups in total. The zero-order valence-electron chi connectivity index (χ0n) is 22.7. The van der Waals surface area contributed by atoms with Gasteiger partial charge in [0.15, 0.2) is 23.1 Å². The van der Waals surface area contributed by atoms with Gasteiger partial charge in [-0.05, 0) is 35.4 Å². The Morgan fingerprint density at radius 2 is 1.76 bits per heavy atom. The molecule has 3 aromatic carbocycles. The predicted molar refractivity (Wildman–Crippen MR) is 156 cm³/mol. The van der Waals surface area contributed by atoms with Gasteiger partial charge in [0.2, 0.25) is 0 Å². The number of aromatic nitrogens is 5. The lowest BCUT2D eigenvalue weighted by molar-refractivity contribution is 0.280. The van der Waals surface area contributed by atoms with Crippen molar-refractivity contribution < 1.29 is 18.6 Å². The largest absolute Gasteiger partial charge is 0.493 e. The average molecular weight is 564 g/mol. The lowest BCUT2D eigenvalue weighted by atomic mass is 10.1. The van der Waals surface area contributed by atoms with Crippen LogP contribution < -0.4 is 19.8 Å². The number of nitrogens with zero attached hydrogens (tertiary/aromatic N) is 5. The second-order valence-electron chi connectivity index (χ2n) is 9.45. The highest BCUT2D eigenvalue weighted by Crippen LogP contribution is 2.38. The molecule has 0 saturated heterocycles. The summed E-state index contributed by atoms with van der Waals surface area (Å²) in [4.78, 5) is 25.8. The van der Waals surface area contributed by atoms with Crippen LogP contribution in [-0.2, 0) is 13.1 Å². The van der Waals surface area contributed by atoms with Crippen LogP contribution in [-0.4, -0.2) is 37.8 Å². The van der Waals surface area contributed by atoms with Gasteiger partial charge in [-0.1, -0.05) is 36.4 Å². The molecule has 0 unspecified atom stereocenters. The van der Waals surface area contributed by atoms with Gasteiger partial charge in [0, 0.05) is 36.2 Å². The molecule has 0 bridgehead atoms. The molecule has 0 fully saturated rings. The molecule has 3 heterocycles. The van der Waals surface area contributed by atoms with Crippen LogP contribution in [0.4, 0.5) is 4.39 Å². The number of halogens is 1. The van der Waals surface area contributed by atoms with Crippen LogP contribution in [0.15, 0.2) is 109 Å². The first-order valence-electron chi connectivity index (χ1n) is 13.2. The van der Waals surface area contributed by atoms with Crippen LogP contribution >= 0.6 is 0 Å². The Morgan fingerprint density at radius 1 is 0.881 bits per heavy atom. The van der Waals surface area contributed by atoms with Crippen molar-refractivity contribution in [3.8, 4) is 34.1 Å². The quantitative estimate of drug-likeness (QED) is 0.210. The third-order valence-electron chi connectivity index (χ3n) is 6.71. The van der Waals surface area contributed by atoms with Gasteiger partial charge in [0.05, 0.1) is 43.9 Å². The molecule has 0 aliphatic rings. The highest BCUT2D eigenvalue weighted by Gasteiger charge is 2.15. The van der Waals surface area contributed by atoms with Crippen LogP contribution in [0.3, 0.4) is 0 Å². The van der Waals surface area contributed by atoms with E-state index in [1.807, 2.05) is 41.1 Å². The second-order valence-corrected chi connectivity index (χ2v) is 9.45. The molecule has 6 rings (SSSR count). The molecule has 0 saturated carbocycles. The Hall–Kier alpha value is -5.51. The standard InChI is InChI=1S/C32H26FN5O4/c1-40-30-16-24-27(17-31(30)41-14-13-37-12-11-34-20-37)36-10-9-28(24)42-29-8-7-23(15-26(29)33)25-18-35-21-38(32(25)39)19-22-5-3-2-4-6-22/h2-12,15-18,20-21H,13-14,19H2,1H3. The normalized spacial score (nSPS) is 11.0. The minimum atomic E-state index is -0.623. The van der Waals surface area contributed by atoms with Gasteiger partial charge >= 0.3 is 0 Å². The van der Waals surface area contributed by atoms with E-state index in [1.54, 1.807) is 50.1 Å². The van der Waals surface area contributed by atoms with Gasteiger partial charge in [-0.25, -0.2) is 14.4 Å². The minimum absolute atomic E-state index is 0.000577. The fourth-order valence-electron chi connectivity index (χ4n) is 4.58. The van der Waals surface area contributed by atoms with Crippen molar-refractivity contribution in [2.45, 2.75) is 13.1 Å². The van der Waals surface area contributed by atoms with E-state index >= 15 is 4.39 Å². The van der Waals surface area contributed by atoms with Gasteiger partial charge in [0.1, 0.15) is 12.4 Å². The Kier molecular flexibility index (Phi) is 7.58. The summed E-state index contributed by atoms with van der Waals surface area (Å²) >= 11 is 0. The molecule has 0 atom stereocenters. The van der Waals surface area contributed by atoms with Crippen molar-refractivity contribution in [2.75, 3.05) is 13.7 Å². The number of hydrogen-bond donors (Lipinski definition) is 0. The van der Waals surface area contributed by atoms with Crippen LogP contribution in [0.5, 0.6) is 23.0 Å². The number of methoxy groups -OCH3 is 1. The first-order valence-corrected chi connectivity index (χ1v) is 13.2. The number of imidazole rings is 1. The summed E-state index contributed by atoms with van der Waals surface area (Å²) in [6.45, 7) is 1.38. The van der Waals surface area contributed by atoms with Gasteiger partial charge in [0.25, 0.3) is 5.56 Å². The molecule has 10 heteroatoms. The summed E-state index contributed by atoms with van der Waals surface area (Å²) in [5, 5.41) is 0.621. The molecule has 9 nitrogen and oxygen atoms in total. The molecule has 210 valence electrons. The first-order chi connectivity index (χ1) is 20.6. The van der Waals surface area contributed by atoms with Crippen molar-refractivity contribution in [3.05, 3.63) is 126 Å². The highest BCUT2D eigenvalue weighted by atomic mass is 19.1. The zero-order valence-corrected chi connectivity index (χ0v) is 22.7. The maximum atomic E-state index is 15.3. The third-order valence-corrected chi connectivity index (χ3v) is 6.71. The Labute approximate surface area is 240 Å². The van der Waals surface area contributed by atoms with Crippen molar-refractivity contribution in [1.82, 2.24) is 24.1 Å². The molecule has 0 spiro atoms. The van der Waals surface area contributed by atoms with E-state index in [4.69, 9.17) is 14.2 Å². The number of benzene rings is 3. The van der Waals surface area contributed by atoms with Gasteiger partial charge in [-0.2, -0.15) is 0 Å². The van der Waals surface area contributed by atoms with Crippen LogP contribution in [0.2, 0.25) is 0 Å². The van der Waals surface area contributed by atoms with Gasteiger partial charge < -0.3 is 18.8 Å². The zero-order chi connectivity index (χ0) is 28.9. The summed E-state index contributed by atoms with van der Waals surface area (Å²) in [6, 6.07) is 19.2. The number of pyridine rings is 1. The smallest absolute Gasteiger partial charge is 0.261 e. The molecular weight excluding hydrogens is 537 g/mol. The van der Waals surface area contributed by atoms with Crippen molar-refractivity contribution >= 4 is 10.9 Å². The number of ether oxygens (including phenoxy) is 3. The summed E-state index contributed by atoms with van der Waals surface area (Å²) in [7, 11) is 1.55.